The standard InChI is InChI=1S/C8H16O3/c9-5-7-3-1-2-4-8(7)11-6-10/h7-10H,1-6H2. The number of ether oxygens (including phenoxy) is 1. The van der Waals surface area contributed by atoms with E-state index in [4.69, 9.17) is 14.9 Å². The molecule has 1 rings (SSSR count). The largest absolute Gasteiger partial charge is 0.396 e. The van der Waals surface area contributed by atoms with Gasteiger partial charge < -0.3 is 14.9 Å². The van der Waals surface area contributed by atoms with Gasteiger partial charge in [-0.1, -0.05) is 12.8 Å². The lowest BCUT2D eigenvalue weighted by Crippen LogP contribution is -2.30. The molecule has 0 radical (unpaired) electrons. The molecular weight excluding hydrogens is 144 g/mol. The van der Waals surface area contributed by atoms with E-state index in [0.717, 1.165) is 19.3 Å². The van der Waals surface area contributed by atoms with Crippen molar-refractivity contribution < 1.29 is 14.9 Å². The number of hydrogen-bond donors (Lipinski definition) is 2. The predicted octanol–water partition coefficient (Wildman–Crippen LogP) is 0.504. The lowest BCUT2D eigenvalue weighted by Gasteiger charge is -2.29. The summed E-state index contributed by atoms with van der Waals surface area (Å²) in [5, 5.41) is 17.5. The molecular formula is C8H16O3. The first kappa shape index (κ1) is 8.97. The molecule has 1 aliphatic carbocycles. The van der Waals surface area contributed by atoms with Crippen molar-refractivity contribution in [3.63, 3.8) is 0 Å². The third-order valence-electron chi connectivity index (χ3n) is 2.36. The Labute approximate surface area is 67.0 Å². The van der Waals surface area contributed by atoms with Gasteiger partial charge in [-0.05, 0) is 12.8 Å². The van der Waals surface area contributed by atoms with Gasteiger partial charge >= 0.3 is 0 Å². The van der Waals surface area contributed by atoms with Crippen LogP contribution >= 0.6 is 0 Å². The fourth-order valence-corrected chi connectivity index (χ4v) is 1.70. The maximum Gasteiger partial charge on any atom is 0.143 e. The van der Waals surface area contributed by atoms with Gasteiger partial charge in [-0.25, -0.2) is 0 Å². The van der Waals surface area contributed by atoms with Gasteiger partial charge in [-0.15, -0.1) is 0 Å². The monoisotopic (exact) mass is 160 g/mol. The van der Waals surface area contributed by atoms with Gasteiger partial charge in [0.1, 0.15) is 6.79 Å². The molecule has 1 saturated carbocycles. The van der Waals surface area contributed by atoms with Gasteiger partial charge in [-0.3, -0.25) is 0 Å². The van der Waals surface area contributed by atoms with Gasteiger partial charge in [-0.2, -0.15) is 0 Å². The van der Waals surface area contributed by atoms with Crippen molar-refractivity contribution in [2.45, 2.75) is 31.8 Å². The van der Waals surface area contributed by atoms with E-state index in [9.17, 15) is 0 Å². The molecule has 3 nitrogen and oxygen atoms in total. The van der Waals surface area contributed by atoms with Crippen LogP contribution in [0.5, 0.6) is 0 Å². The molecule has 0 bridgehead atoms. The zero-order chi connectivity index (χ0) is 8.10. The van der Waals surface area contributed by atoms with E-state index in [1.807, 2.05) is 0 Å². The van der Waals surface area contributed by atoms with E-state index in [0.29, 0.717) is 0 Å². The van der Waals surface area contributed by atoms with Gasteiger partial charge in [0.05, 0.1) is 6.10 Å². The fraction of sp³-hybridized carbons (Fsp3) is 1.00. The molecule has 0 aromatic heterocycles. The molecule has 11 heavy (non-hydrogen) atoms. The average Bonchev–Trinajstić information content (AvgIpc) is 2.06. The Kier molecular flexibility index (Phi) is 3.83. The van der Waals surface area contributed by atoms with Crippen LogP contribution in [0.25, 0.3) is 0 Å². The smallest absolute Gasteiger partial charge is 0.143 e. The van der Waals surface area contributed by atoms with Gasteiger partial charge in [0.2, 0.25) is 0 Å². The quantitative estimate of drug-likeness (QED) is 0.591. The molecule has 3 heteroatoms. The number of aliphatic hydroxyl groups excluding tert-OH is 2. The number of rotatable bonds is 3. The lowest BCUT2D eigenvalue weighted by atomic mass is 9.87. The van der Waals surface area contributed by atoms with Crippen LogP contribution in [0.15, 0.2) is 0 Å². The summed E-state index contributed by atoms with van der Waals surface area (Å²) in [6, 6.07) is 0. The summed E-state index contributed by atoms with van der Waals surface area (Å²) >= 11 is 0. The minimum Gasteiger partial charge on any atom is -0.396 e. The van der Waals surface area contributed by atoms with Crippen molar-refractivity contribution in [1.29, 1.82) is 0 Å². The van der Waals surface area contributed by atoms with Crippen molar-refractivity contribution in [1.82, 2.24) is 0 Å². The van der Waals surface area contributed by atoms with Crippen LogP contribution in [0.4, 0.5) is 0 Å². The topological polar surface area (TPSA) is 49.7 Å². The summed E-state index contributed by atoms with van der Waals surface area (Å²) < 4.78 is 5.08. The zero-order valence-corrected chi connectivity index (χ0v) is 6.70. The van der Waals surface area contributed by atoms with Crippen LogP contribution in [-0.4, -0.2) is 29.7 Å². The molecule has 0 aromatic carbocycles. The summed E-state index contributed by atoms with van der Waals surface area (Å²) in [4.78, 5) is 0. The molecule has 2 N–H and O–H groups in total. The molecule has 0 heterocycles. The lowest BCUT2D eigenvalue weighted by molar-refractivity contribution is -0.0939. The van der Waals surface area contributed by atoms with E-state index in [2.05, 4.69) is 0 Å². The Morgan fingerprint density at radius 1 is 1.18 bits per heavy atom. The molecule has 1 fully saturated rings. The van der Waals surface area contributed by atoms with E-state index < -0.39 is 0 Å². The molecule has 0 spiro atoms. The molecule has 2 unspecified atom stereocenters. The maximum absolute atomic E-state index is 8.93. The van der Waals surface area contributed by atoms with Crippen molar-refractivity contribution in [3.05, 3.63) is 0 Å². The minimum atomic E-state index is -0.221. The molecule has 0 aliphatic heterocycles. The van der Waals surface area contributed by atoms with Crippen molar-refractivity contribution in [3.8, 4) is 0 Å². The first-order chi connectivity index (χ1) is 5.38. The number of aliphatic hydroxyl groups is 2. The highest BCUT2D eigenvalue weighted by Crippen LogP contribution is 2.25. The Morgan fingerprint density at radius 3 is 2.55 bits per heavy atom. The van der Waals surface area contributed by atoms with Gasteiger partial charge in [0, 0.05) is 12.5 Å². The maximum atomic E-state index is 8.93. The van der Waals surface area contributed by atoms with Crippen LogP contribution in [-0.2, 0) is 4.74 Å². The summed E-state index contributed by atoms with van der Waals surface area (Å²) in [5.74, 6) is 0.246. The van der Waals surface area contributed by atoms with Crippen LogP contribution < -0.4 is 0 Å². The second kappa shape index (κ2) is 4.70. The molecule has 0 saturated heterocycles. The third-order valence-corrected chi connectivity index (χ3v) is 2.36. The molecule has 1 aliphatic rings. The third kappa shape index (κ3) is 2.43. The highest BCUT2D eigenvalue weighted by atomic mass is 16.6. The second-order valence-corrected chi connectivity index (χ2v) is 3.06. The van der Waals surface area contributed by atoms with Crippen LogP contribution in [0.3, 0.4) is 0 Å². The first-order valence-electron chi connectivity index (χ1n) is 4.21. The van der Waals surface area contributed by atoms with E-state index >= 15 is 0 Å². The van der Waals surface area contributed by atoms with Crippen LogP contribution in [0.2, 0.25) is 0 Å². The normalized spacial score (nSPS) is 32.2. The average molecular weight is 160 g/mol. The molecule has 0 aromatic rings. The minimum absolute atomic E-state index is 0.0822. The molecule has 2 atom stereocenters. The highest BCUT2D eigenvalue weighted by molar-refractivity contribution is 4.74. The van der Waals surface area contributed by atoms with Crippen LogP contribution in [0.1, 0.15) is 25.7 Å². The van der Waals surface area contributed by atoms with Gasteiger partial charge in [0.25, 0.3) is 0 Å². The summed E-state index contributed by atoms with van der Waals surface area (Å²) in [7, 11) is 0. The Bertz CT molecular complexity index is 104. The summed E-state index contributed by atoms with van der Waals surface area (Å²) in [6.07, 6.45) is 4.42. The van der Waals surface area contributed by atoms with E-state index in [1.165, 1.54) is 6.42 Å². The Morgan fingerprint density at radius 2 is 1.91 bits per heavy atom. The molecule has 66 valence electrons. The summed E-state index contributed by atoms with van der Waals surface area (Å²) in [5.41, 5.74) is 0. The van der Waals surface area contributed by atoms with E-state index in [-0.39, 0.29) is 25.4 Å². The predicted molar refractivity (Wildman–Crippen MR) is 41.0 cm³/mol. The summed E-state index contributed by atoms with van der Waals surface area (Å²) in [6.45, 7) is -0.0359. The van der Waals surface area contributed by atoms with Crippen LogP contribution in [0, 0.1) is 5.92 Å². The fourth-order valence-electron chi connectivity index (χ4n) is 1.70. The zero-order valence-electron chi connectivity index (χ0n) is 6.70. The Balaban J connectivity index is 2.31. The highest BCUT2D eigenvalue weighted by Gasteiger charge is 2.24. The van der Waals surface area contributed by atoms with Gasteiger partial charge in [0.15, 0.2) is 0 Å². The molecule has 0 amide bonds. The number of hydrogen-bond acceptors (Lipinski definition) is 3. The van der Waals surface area contributed by atoms with E-state index in [1.54, 1.807) is 0 Å². The van der Waals surface area contributed by atoms with Crippen molar-refractivity contribution in [2.75, 3.05) is 13.4 Å². The SMILES string of the molecule is OCOC1CCCCC1CO. The second-order valence-electron chi connectivity index (χ2n) is 3.06. The first-order valence-corrected chi connectivity index (χ1v) is 4.21. The Hall–Kier alpha value is -0.120. The van der Waals surface area contributed by atoms with Crippen molar-refractivity contribution >= 4 is 0 Å². The van der Waals surface area contributed by atoms with Crippen molar-refractivity contribution in [2.24, 2.45) is 5.92 Å².